The van der Waals surface area contributed by atoms with Gasteiger partial charge in [0.05, 0.1) is 10.6 Å². The Kier molecular flexibility index (Phi) is 4.18. The van der Waals surface area contributed by atoms with Gasteiger partial charge in [-0.3, -0.25) is 10.1 Å². The average molecular weight is 338 g/mol. The van der Waals surface area contributed by atoms with E-state index in [0.717, 1.165) is 28.2 Å². The van der Waals surface area contributed by atoms with Crippen LogP contribution in [0.3, 0.4) is 0 Å². The molecule has 8 heteroatoms. The first-order valence-electron chi connectivity index (χ1n) is 7.74. The van der Waals surface area contributed by atoms with Gasteiger partial charge >= 0.3 is 5.69 Å². The fourth-order valence-electron chi connectivity index (χ4n) is 2.58. The lowest BCUT2D eigenvalue weighted by atomic mass is 10.1. The van der Waals surface area contributed by atoms with Gasteiger partial charge < -0.3 is 5.32 Å². The van der Waals surface area contributed by atoms with E-state index < -0.39 is 4.92 Å². The van der Waals surface area contributed by atoms with E-state index in [2.05, 4.69) is 20.4 Å². The summed E-state index contributed by atoms with van der Waals surface area (Å²) in [5, 5.41) is 19.0. The average Bonchev–Trinajstić information content (AvgIpc) is 2.89. The highest BCUT2D eigenvalue weighted by Crippen LogP contribution is 2.31. The second-order valence-electron chi connectivity index (χ2n) is 5.91. The van der Waals surface area contributed by atoms with E-state index >= 15 is 0 Å². The Hall–Kier alpha value is -3.29. The Bertz CT molecular complexity index is 964. The van der Waals surface area contributed by atoms with Gasteiger partial charge in [0.1, 0.15) is 6.33 Å². The fourth-order valence-corrected chi connectivity index (χ4v) is 2.58. The van der Waals surface area contributed by atoms with E-state index in [1.54, 1.807) is 0 Å². The van der Waals surface area contributed by atoms with Gasteiger partial charge in [0.25, 0.3) is 0 Å². The Morgan fingerprint density at radius 3 is 2.44 bits per heavy atom. The first kappa shape index (κ1) is 16.6. The van der Waals surface area contributed by atoms with Crippen LogP contribution in [0.25, 0.3) is 5.82 Å². The van der Waals surface area contributed by atoms with Crippen molar-refractivity contribution in [2.24, 2.45) is 0 Å². The normalized spacial score (nSPS) is 10.7. The minimum absolute atomic E-state index is 0.130. The van der Waals surface area contributed by atoms with Crippen LogP contribution in [0.4, 0.5) is 17.2 Å². The Balaban J connectivity index is 2.11. The van der Waals surface area contributed by atoms with E-state index in [0.29, 0.717) is 0 Å². The van der Waals surface area contributed by atoms with Crippen LogP contribution in [0, 0.1) is 37.8 Å². The molecule has 0 fully saturated rings. The summed E-state index contributed by atoms with van der Waals surface area (Å²) < 4.78 is 1.46. The first-order chi connectivity index (χ1) is 11.9. The molecule has 0 aliphatic carbocycles. The third-order valence-corrected chi connectivity index (χ3v) is 3.97. The van der Waals surface area contributed by atoms with Gasteiger partial charge in [-0.1, -0.05) is 6.07 Å². The summed E-state index contributed by atoms with van der Waals surface area (Å²) in [5.74, 6) is 0.266. The van der Waals surface area contributed by atoms with Crippen molar-refractivity contribution in [3.63, 3.8) is 0 Å². The molecule has 1 aromatic carbocycles. The second kappa shape index (κ2) is 6.31. The van der Waals surface area contributed by atoms with Crippen molar-refractivity contribution < 1.29 is 4.92 Å². The molecule has 0 radical (unpaired) electrons. The van der Waals surface area contributed by atoms with Gasteiger partial charge in [0.2, 0.25) is 11.6 Å². The predicted molar refractivity (Wildman–Crippen MR) is 94.5 cm³/mol. The van der Waals surface area contributed by atoms with Crippen LogP contribution in [0.15, 0.2) is 30.6 Å². The minimum atomic E-state index is -0.491. The summed E-state index contributed by atoms with van der Waals surface area (Å²) in [5.41, 5.74) is 4.26. The predicted octanol–water partition coefficient (Wildman–Crippen LogP) is 3.55. The number of hydrogen-bond donors (Lipinski definition) is 1. The van der Waals surface area contributed by atoms with Crippen molar-refractivity contribution in [2.75, 3.05) is 5.32 Å². The maximum atomic E-state index is 11.7. The highest BCUT2D eigenvalue weighted by molar-refractivity contribution is 5.70. The van der Waals surface area contributed by atoms with Crippen LogP contribution in [-0.2, 0) is 0 Å². The number of nitrogens with zero attached hydrogens (tertiary/aromatic N) is 5. The molecule has 128 valence electrons. The maximum Gasteiger partial charge on any atom is 0.355 e. The lowest BCUT2D eigenvalue weighted by molar-refractivity contribution is -0.384. The highest BCUT2D eigenvalue weighted by atomic mass is 16.6. The third kappa shape index (κ3) is 3.18. The maximum absolute atomic E-state index is 11.7. The number of hydrogen-bond acceptors (Lipinski definition) is 6. The molecule has 0 saturated carbocycles. The van der Waals surface area contributed by atoms with Gasteiger partial charge in [-0.2, -0.15) is 5.10 Å². The first-order valence-corrected chi connectivity index (χ1v) is 7.74. The van der Waals surface area contributed by atoms with E-state index in [1.807, 2.05) is 52.0 Å². The molecule has 1 N–H and O–H groups in total. The van der Waals surface area contributed by atoms with Crippen molar-refractivity contribution in [1.82, 2.24) is 19.7 Å². The van der Waals surface area contributed by atoms with Crippen molar-refractivity contribution in [3.8, 4) is 5.82 Å². The van der Waals surface area contributed by atoms with Gasteiger partial charge in [-0.05, 0) is 57.0 Å². The molecule has 0 atom stereocenters. The van der Waals surface area contributed by atoms with Crippen LogP contribution in [-0.4, -0.2) is 24.7 Å². The fraction of sp³-hybridized carbons (Fsp3) is 0.235. The smallest absolute Gasteiger partial charge is 0.334 e. The number of nitrogens with one attached hydrogen (secondary N) is 1. The topological polar surface area (TPSA) is 98.8 Å². The summed E-state index contributed by atoms with van der Waals surface area (Å²) in [7, 11) is 0. The van der Waals surface area contributed by atoms with Crippen molar-refractivity contribution in [1.29, 1.82) is 0 Å². The second-order valence-corrected chi connectivity index (χ2v) is 5.91. The third-order valence-electron chi connectivity index (χ3n) is 3.97. The van der Waals surface area contributed by atoms with Gasteiger partial charge in [0.15, 0.2) is 0 Å². The Labute approximate surface area is 144 Å². The van der Waals surface area contributed by atoms with Crippen LogP contribution in [0.2, 0.25) is 0 Å². The van der Waals surface area contributed by atoms with Gasteiger partial charge in [0, 0.05) is 11.4 Å². The molecule has 2 aromatic heterocycles. The lowest BCUT2D eigenvalue weighted by Crippen LogP contribution is -2.10. The quantitative estimate of drug-likeness (QED) is 0.577. The number of aryl methyl sites for hydroxylation is 4. The van der Waals surface area contributed by atoms with Crippen LogP contribution < -0.4 is 5.32 Å². The Morgan fingerprint density at radius 1 is 1.08 bits per heavy atom. The molecule has 0 spiro atoms. The largest absolute Gasteiger partial charge is 0.355 e. The van der Waals surface area contributed by atoms with Gasteiger partial charge in [-0.25, -0.2) is 14.6 Å². The summed E-state index contributed by atoms with van der Waals surface area (Å²) >= 11 is 0. The van der Waals surface area contributed by atoms with Gasteiger partial charge in [-0.15, -0.1) is 0 Å². The number of anilines is 2. The van der Waals surface area contributed by atoms with E-state index in [4.69, 9.17) is 0 Å². The van der Waals surface area contributed by atoms with Crippen molar-refractivity contribution in [2.45, 2.75) is 27.7 Å². The molecule has 8 nitrogen and oxygen atoms in total. The lowest BCUT2D eigenvalue weighted by Gasteiger charge is -2.10. The summed E-state index contributed by atoms with van der Waals surface area (Å²) in [6.45, 7) is 7.64. The molecule has 2 heterocycles. The number of nitro groups is 1. The molecule has 0 amide bonds. The molecule has 25 heavy (non-hydrogen) atoms. The molecular weight excluding hydrogens is 320 g/mol. The van der Waals surface area contributed by atoms with E-state index in [-0.39, 0.29) is 17.3 Å². The number of rotatable bonds is 4. The van der Waals surface area contributed by atoms with Crippen LogP contribution in [0.1, 0.15) is 22.5 Å². The summed E-state index contributed by atoms with van der Waals surface area (Å²) in [6, 6.07) is 7.57. The molecule has 0 aliphatic heterocycles. The van der Waals surface area contributed by atoms with Crippen molar-refractivity contribution >= 4 is 17.2 Å². The standard InChI is InChI=1S/C17H18N6O2/c1-10-5-6-14(7-11(10)2)20-16-15(23(24)25)17(19-9-18-16)22-13(4)8-12(3)21-22/h5-9H,1-4H3,(H,18,19,20). The minimum Gasteiger partial charge on any atom is -0.334 e. The molecule has 3 rings (SSSR count). The molecule has 3 aromatic rings. The van der Waals surface area contributed by atoms with Crippen LogP contribution >= 0.6 is 0 Å². The van der Waals surface area contributed by atoms with E-state index in [1.165, 1.54) is 11.0 Å². The van der Waals surface area contributed by atoms with Crippen molar-refractivity contribution in [3.05, 3.63) is 63.2 Å². The Morgan fingerprint density at radius 2 is 1.84 bits per heavy atom. The zero-order valence-corrected chi connectivity index (χ0v) is 14.4. The summed E-state index contributed by atoms with van der Waals surface area (Å²) in [4.78, 5) is 19.3. The number of aromatic nitrogens is 4. The zero-order chi connectivity index (χ0) is 18.1. The molecule has 0 bridgehead atoms. The molecule has 0 unspecified atom stereocenters. The highest BCUT2D eigenvalue weighted by Gasteiger charge is 2.26. The zero-order valence-electron chi connectivity index (χ0n) is 14.4. The summed E-state index contributed by atoms with van der Waals surface area (Å²) in [6.07, 6.45) is 1.29. The van der Waals surface area contributed by atoms with E-state index in [9.17, 15) is 10.1 Å². The SMILES string of the molecule is Cc1cc(C)n(-c2ncnc(Nc3ccc(C)c(C)c3)c2[N+](=O)[O-])n1. The number of benzene rings is 1. The molecule has 0 saturated heterocycles. The molecular formula is C17H18N6O2. The monoisotopic (exact) mass is 338 g/mol. The van der Waals surface area contributed by atoms with Crippen LogP contribution in [0.5, 0.6) is 0 Å². The molecule has 0 aliphatic rings.